The Bertz CT molecular complexity index is 968. The monoisotopic (exact) mass is 409 g/mol. The molecule has 1 atom stereocenters. The van der Waals surface area contributed by atoms with E-state index in [1.807, 2.05) is 49.6 Å². The number of carbonyl (C=O) groups excluding carboxylic acids is 2. The number of hydrogen-bond donors (Lipinski definition) is 2. The van der Waals surface area contributed by atoms with E-state index in [2.05, 4.69) is 15.6 Å². The van der Waals surface area contributed by atoms with E-state index in [-0.39, 0.29) is 17.7 Å². The molecular formula is C22H23N3O3S. The van der Waals surface area contributed by atoms with E-state index in [1.165, 1.54) is 11.3 Å². The molecule has 6 nitrogen and oxygen atoms in total. The number of anilines is 1. The third kappa shape index (κ3) is 5.20. The number of benzene rings is 2. The number of methoxy groups -OCH3 is 1. The molecule has 1 unspecified atom stereocenters. The van der Waals surface area contributed by atoms with Crippen LogP contribution in [0.25, 0.3) is 11.3 Å². The van der Waals surface area contributed by atoms with Gasteiger partial charge in [0.1, 0.15) is 11.8 Å². The third-order valence-electron chi connectivity index (χ3n) is 4.39. The summed E-state index contributed by atoms with van der Waals surface area (Å²) in [5, 5.41) is 8.03. The minimum absolute atomic E-state index is 0.0919. The average Bonchev–Trinajstić information content (AvgIpc) is 3.20. The molecule has 0 aliphatic rings. The van der Waals surface area contributed by atoms with Crippen molar-refractivity contribution in [1.82, 2.24) is 10.3 Å². The molecule has 0 bridgehead atoms. The Kier molecular flexibility index (Phi) is 6.61. The van der Waals surface area contributed by atoms with Crippen molar-refractivity contribution < 1.29 is 14.3 Å². The molecule has 2 aromatic carbocycles. The van der Waals surface area contributed by atoms with Crippen LogP contribution in [0.3, 0.4) is 0 Å². The van der Waals surface area contributed by atoms with E-state index in [1.54, 1.807) is 31.4 Å². The highest BCUT2D eigenvalue weighted by atomic mass is 32.1. The molecule has 0 aliphatic carbocycles. The smallest absolute Gasteiger partial charge is 0.251 e. The lowest BCUT2D eigenvalue weighted by atomic mass is 10.0. The van der Waals surface area contributed by atoms with E-state index < -0.39 is 6.04 Å². The average molecular weight is 410 g/mol. The predicted octanol–water partition coefficient (Wildman–Crippen LogP) is 4.21. The van der Waals surface area contributed by atoms with Crippen LogP contribution >= 0.6 is 11.3 Å². The van der Waals surface area contributed by atoms with Crippen LogP contribution in [0.5, 0.6) is 5.75 Å². The summed E-state index contributed by atoms with van der Waals surface area (Å²) in [7, 11) is 1.57. The fourth-order valence-electron chi connectivity index (χ4n) is 2.76. The topological polar surface area (TPSA) is 80.3 Å². The standard InChI is InChI=1S/C22H23N3O3S/c1-14(2)19(24-20(26)16-9-11-17(28-3)12-10-16)21(27)25-22-23-18(13-29-22)15-7-5-4-6-8-15/h4-14,19H,1-3H3,(H,24,26)(H,23,25,27). The first-order chi connectivity index (χ1) is 14.0. The number of nitrogens with one attached hydrogen (secondary N) is 2. The summed E-state index contributed by atoms with van der Waals surface area (Å²) >= 11 is 1.35. The van der Waals surface area contributed by atoms with Gasteiger partial charge in [0.2, 0.25) is 5.91 Å². The summed E-state index contributed by atoms with van der Waals surface area (Å²) in [6.07, 6.45) is 0. The van der Waals surface area contributed by atoms with Crippen LogP contribution in [-0.4, -0.2) is 29.9 Å². The van der Waals surface area contributed by atoms with Gasteiger partial charge in [0.25, 0.3) is 5.91 Å². The molecule has 29 heavy (non-hydrogen) atoms. The lowest BCUT2D eigenvalue weighted by molar-refractivity contribution is -0.118. The number of aromatic nitrogens is 1. The Balaban J connectivity index is 1.68. The van der Waals surface area contributed by atoms with Crippen LogP contribution in [0.1, 0.15) is 24.2 Å². The van der Waals surface area contributed by atoms with Gasteiger partial charge in [-0.05, 0) is 30.2 Å². The van der Waals surface area contributed by atoms with Crippen LogP contribution in [0.2, 0.25) is 0 Å². The Morgan fingerprint density at radius 2 is 1.72 bits per heavy atom. The van der Waals surface area contributed by atoms with E-state index in [4.69, 9.17) is 4.74 Å². The van der Waals surface area contributed by atoms with Crippen LogP contribution in [0, 0.1) is 5.92 Å². The number of thiazole rings is 1. The normalized spacial score (nSPS) is 11.7. The molecule has 2 amide bonds. The molecule has 1 heterocycles. The maximum absolute atomic E-state index is 12.8. The van der Waals surface area contributed by atoms with Crippen molar-refractivity contribution in [2.24, 2.45) is 5.92 Å². The molecule has 3 rings (SSSR count). The molecular weight excluding hydrogens is 386 g/mol. The lowest BCUT2D eigenvalue weighted by Crippen LogP contribution is -2.47. The number of rotatable bonds is 7. The van der Waals surface area contributed by atoms with Crippen molar-refractivity contribution >= 4 is 28.3 Å². The molecule has 2 N–H and O–H groups in total. The summed E-state index contributed by atoms with van der Waals surface area (Å²) in [6, 6.07) is 15.8. The highest BCUT2D eigenvalue weighted by Crippen LogP contribution is 2.25. The van der Waals surface area contributed by atoms with Gasteiger partial charge in [-0.3, -0.25) is 9.59 Å². The first-order valence-electron chi connectivity index (χ1n) is 9.24. The van der Waals surface area contributed by atoms with Gasteiger partial charge in [0.15, 0.2) is 5.13 Å². The van der Waals surface area contributed by atoms with Crippen LogP contribution in [0.15, 0.2) is 60.0 Å². The van der Waals surface area contributed by atoms with Crippen molar-refractivity contribution in [3.63, 3.8) is 0 Å². The first-order valence-corrected chi connectivity index (χ1v) is 10.1. The number of hydrogen-bond acceptors (Lipinski definition) is 5. The molecule has 1 aromatic heterocycles. The largest absolute Gasteiger partial charge is 0.497 e. The van der Waals surface area contributed by atoms with Gasteiger partial charge in [-0.25, -0.2) is 4.98 Å². The molecule has 0 saturated carbocycles. The zero-order valence-electron chi connectivity index (χ0n) is 16.5. The number of carbonyl (C=O) groups is 2. The second-order valence-electron chi connectivity index (χ2n) is 6.82. The summed E-state index contributed by atoms with van der Waals surface area (Å²) in [4.78, 5) is 29.8. The molecule has 3 aromatic rings. The maximum atomic E-state index is 12.8. The van der Waals surface area contributed by atoms with Gasteiger partial charge >= 0.3 is 0 Å². The van der Waals surface area contributed by atoms with E-state index in [0.717, 1.165) is 11.3 Å². The lowest BCUT2D eigenvalue weighted by Gasteiger charge is -2.21. The van der Waals surface area contributed by atoms with Gasteiger partial charge in [-0.15, -0.1) is 11.3 Å². The summed E-state index contributed by atoms with van der Waals surface area (Å²) in [5.41, 5.74) is 2.25. The van der Waals surface area contributed by atoms with Crippen molar-refractivity contribution in [2.45, 2.75) is 19.9 Å². The summed E-state index contributed by atoms with van der Waals surface area (Å²) < 4.78 is 5.11. The Morgan fingerprint density at radius 1 is 1.03 bits per heavy atom. The second kappa shape index (κ2) is 9.34. The SMILES string of the molecule is COc1ccc(C(=O)NC(C(=O)Nc2nc(-c3ccccc3)cs2)C(C)C)cc1. The van der Waals surface area contributed by atoms with E-state index in [9.17, 15) is 9.59 Å². The van der Waals surface area contributed by atoms with Gasteiger partial charge in [0, 0.05) is 16.5 Å². The number of nitrogens with zero attached hydrogens (tertiary/aromatic N) is 1. The minimum Gasteiger partial charge on any atom is -0.497 e. The van der Waals surface area contributed by atoms with Crippen molar-refractivity contribution in [1.29, 1.82) is 0 Å². The maximum Gasteiger partial charge on any atom is 0.251 e. The number of ether oxygens (including phenoxy) is 1. The van der Waals surface area contributed by atoms with Crippen molar-refractivity contribution in [3.8, 4) is 17.0 Å². The summed E-state index contributed by atoms with van der Waals surface area (Å²) in [5.74, 6) is -0.0371. The van der Waals surface area contributed by atoms with Gasteiger partial charge in [-0.2, -0.15) is 0 Å². The van der Waals surface area contributed by atoms with Crippen LogP contribution in [0.4, 0.5) is 5.13 Å². The molecule has 0 saturated heterocycles. The van der Waals surface area contributed by atoms with Gasteiger partial charge in [-0.1, -0.05) is 44.2 Å². The van der Waals surface area contributed by atoms with Crippen molar-refractivity contribution in [3.05, 3.63) is 65.5 Å². The van der Waals surface area contributed by atoms with Gasteiger partial charge < -0.3 is 15.4 Å². The highest BCUT2D eigenvalue weighted by Gasteiger charge is 2.25. The van der Waals surface area contributed by atoms with Crippen LogP contribution < -0.4 is 15.4 Å². The zero-order chi connectivity index (χ0) is 20.8. The highest BCUT2D eigenvalue weighted by molar-refractivity contribution is 7.14. The Labute approximate surface area is 173 Å². The Hall–Kier alpha value is -3.19. The Morgan fingerprint density at radius 3 is 2.34 bits per heavy atom. The molecule has 0 aliphatic heterocycles. The predicted molar refractivity (Wildman–Crippen MR) is 115 cm³/mol. The zero-order valence-corrected chi connectivity index (χ0v) is 17.3. The molecule has 0 spiro atoms. The van der Waals surface area contributed by atoms with E-state index >= 15 is 0 Å². The fraction of sp³-hybridized carbons (Fsp3) is 0.227. The fourth-order valence-corrected chi connectivity index (χ4v) is 3.48. The van der Waals surface area contributed by atoms with Gasteiger partial charge in [0.05, 0.1) is 12.8 Å². The second-order valence-corrected chi connectivity index (χ2v) is 7.67. The van der Waals surface area contributed by atoms with Crippen LogP contribution in [-0.2, 0) is 4.79 Å². The quantitative estimate of drug-likeness (QED) is 0.613. The minimum atomic E-state index is -0.686. The van der Waals surface area contributed by atoms with Crippen molar-refractivity contribution in [2.75, 3.05) is 12.4 Å². The molecule has 0 radical (unpaired) electrons. The third-order valence-corrected chi connectivity index (χ3v) is 5.15. The molecule has 7 heteroatoms. The molecule has 0 fully saturated rings. The molecule has 150 valence electrons. The number of amides is 2. The summed E-state index contributed by atoms with van der Waals surface area (Å²) in [6.45, 7) is 3.77. The van der Waals surface area contributed by atoms with E-state index in [0.29, 0.717) is 16.4 Å². The first kappa shape index (κ1) is 20.5.